The van der Waals surface area contributed by atoms with Gasteiger partial charge in [-0.1, -0.05) is 236 Å². The van der Waals surface area contributed by atoms with Crippen molar-refractivity contribution >= 4 is 17.9 Å². The molecule has 0 aromatic heterocycles. The molecule has 0 amide bonds. The summed E-state index contributed by atoms with van der Waals surface area (Å²) in [6.45, 7) is 6.51. The van der Waals surface area contributed by atoms with Gasteiger partial charge in [-0.2, -0.15) is 0 Å². The molecule has 0 spiro atoms. The van der Waals surface area contributed by atoms with Crippen LogP contribution in [0.15, 0.2) is 60.8 Å². The smallest absolute Gasteiger partial charge is 0.306 e. The molecule has 0 bridgehead atoms. The Morgan fingerprint density at radius 3 is 0.954 bits per heavy atom. The van der Waals surface area contributed by atoms with E-state index < -0.39 is 6.10 Å². The molecule has 0 radical (unpaired) electrons. The lowest BCUT2D eigenvalue weighted by molar-refractivity contribution is -0.167. The molecular weight excluding hydrogens is 805 g/mol. The summed E-state index contributed by atoms with van der Waals surface area (Å²) in [5.41, 5.74) is 0. The molecule has 0 fully saturated rings. The molecule has 1 atom stereocenters. The van der Waals surface area contributed by atoms with Crippen molar-refractivity contribution in [1.29, 1.82) is 0 Å². The molecule has 0 saturated carbocycles. The van der Waals surface area contributed by atoms with Crippen LogP contribution in [0.5, 0.6) is 0 Å². The molecule has 0 N–H and O–H groups in total. The summed E-state index contributed by atoms with van der Waals surface area (Å²) in [6.07, 6.45) is 66.4. The Morgan fingerprint density at radius 2 is 0.600 bits per heavy atom. The van der Waals surface area contributed by atoms with Gasteiger partial charge in [0.05, 0.1) is 0 Å². The zero-order chi connectivity index (χ0) is 47.2. The van der Waals surface area contributed by atoms with Crippen molar-refractivity contribution in [3.8, 4) is 0 Å². The van der Waals surface area contributed by atoms with Crippen LogP contribution in [0.25, 0.3) is 0 Å². The van der Waals surface area contributed by atoms with Gasteiger partial charge in [0, 0.05) is 19.3 Å². The van der Waals surface area contributed by atoms with E-state index in [1.807, 2.05) is 0 Å². The number of hydrogen-bond donors (Lipinski definition) is 0. The molecule has 0 aliphatic heterocycles. The fourth-order valence-electron chi connectivity index (χ4n) is 7.84. The molecule has 1 unspecified atom stereocenters. The third kappa shape index (κ3) is 51.9. The lowest BCUT2D eigenvalue weighted by atomic mass is 10.1. The summed E-state index contributed by atoms with van der Waals surface area (Å²) in [5.74, 6) is -0.896. The molecule has 0 saturated heterocycles. The van der Waals surface area contributed by atoms with Crippen molar-refractivity contribution in [1.82, 2.24) is 0 Å². The number of hydrogen-bond acceptors (Lipinski definition) is 6. The fourth-order valence-corrected chi connectivity index (χ4v) is 7.84. The van der Waals surface area contributed by atoms with E-state index in [1.54, 1.807) is 0 Å². The van der Waals surface area contributed by atoms with Crippen molar-refractivity contribution in [3.05, 3.63) is 60.8 Å². The molecule has 6 heteroatoms. The minimum absolute atomic E-state index is 0.0802. The lowest BCUT2D eigenvalue weighted by Crippen LogP contribution is -2.30. The highest BCUT2D eigenvalue weighted by Crippen LogP contribution is 2.15. The number of carbonyl (C=O) groups is 3. The van der Waals surface area contributed by atoms with Crippen molar-refractivity contribution in [2.45, 2.75) is 284 Å². The number of rotatable bonds is 50. The molecule has 0 rings (SSSR count). The van der Waals surface area contributed by atoms with Gasteiger partial charge in [0.25, 0.3) is 0 Å². The van der Waals surface area contributed by atoms with E-state index in [1.165, 1.54) is 135 Å². The maximum atomic E-state index is 12.8. The molecule has 0 aromatic carbocycles. The molecule has 65 heavy (non-hydrogen) atoms. The second-order valence-corrected chi connectivity index (χ2v) is 18.5. The van der Waals surface area contributed by atoms with Gasteiger partial charge in [0.15, 0.2) is 6.10 Å². The Kier molecular flexibility index (Phi) is 51.3. The van der Waals surface area contributed by atoms with Gasteiger partial charge in [0.2, 0.25) is 0 Å². The first-order valence-corrected chi connectivity index (χ1v) is 27.8. The predicted molar refractivity (Wildman–Crippen MR) is 279 cm³/mol. The number of esters is 3. The zero-order valence-electron chi connectivity index (χ0n) is 43.0. The Bertz CT molecular complexity index is 1180. The first-order chi connectivity index (χ1) is 32.0. The van der Waals surface area contributed by atoms with E-state index in [0.717, 1.165) is 103 Å². The van der Waals surface area contributed by atoms with Crippen LogP contribution < -0.4 is 0 Å². The van der Waals surface area contributed by atoms with Gasteiger partial charge in [0.1, 0.15) is 13.2 Å². The van der Waals surface area contributed by atoms with Gasteiger partial charge < -0.3 is 14.2 Å². The van der Waals surface area contributed by atoms with Gasteiger partial charge in [-0.25, -0.2) is 0 Å². The minimum atomic E-state index is -0.782. The molecular formula is C59H104O6. The molecule has 0 aliphatic carbocycles. The normalized spacial score (nSPS) is 12.5. The van der Waals surface area contributed by atoms with Crippen LogP contribution in [-0.2, 0) is 28.6 Å². The number of allylic oxidation sites excluding steroid dienone is 10. The first-order valence-electron chi connectivity index (χ1n) is 27.8. The Morgan fingerprint density at radius 1 is 0.323 bits per heavy atom. The highest BCUT2D eigenvalue weighted by molar-refractivity contribution is 5.71. The van der Waals surface area contributed by atoms with Gasteiger partial charge in [-0.05, 0) is 83.5 Å². The standard InChI is InChI=1S/C59H104O6/c1-4-7-10-13-16-19-22-24-26-28-30-32-33-35-37-40-43-46-49-52-58(61)64-55-56(54-63-57(60)51-48-45-42-39-21-18-15-12-9-6-3)65-59(62)53-50-47-44-41-38-36-34-31-29-27-25-23-20-17-14-11-8-5-2/h7,10,16,19,24,26,30-32,34,56H,4-6,8-9,11-15,17-18,20-23,25,27-29,33,35-55H2,1-3H3/b10-7-,19-16-,26-24-,32-30-,34-31-. The minimum Gasteiger partial charge on any atom is -0.462 e. The highest BCUT2D eigenvalue weighted by atomic mass is 16.6. The van der Waals surface area contributed by atoms with Crippen LogP contribution in [0.4, 0.5) is 0 Å². The monoisotopic (exact) mass is 909 g/mol. The Hall–Kier alpha value is -2.89. The van der Waals surface area contributed by atoms with Crippen LogP contribution in [-0.4, -0.2) is 37.2 Å². The fraction of sp³-hybridized carbons (Fsp3) is 0.780. The van der Waals surface area contributed by atoms with Crippen LogP contribution >= 0.6 is 0 Å². The van der Waals surface area contributed by atoms with Gasteiger partial charge in [-0.3, -0.25) is 14.4 Å². The van der Waals surface area contributed by atoms with Crippen molar-refractivity contribution in [3.63, 3.8) is 0 Å². The lowest BCUT2D eigenvalue weighted by Gasteiger charge is -2.18. The van der Waals surface area contributed by atoms with E-state index in [2.05, 4.69) is 81.5 Å². The summed E-state index contributed by atoms with van der Waals surface area (Å²) in [6, 6.07) is 0. The summed E-state index contributed by atoms with van der Waals surface area (Å²) in [5, 5.41) is 0. The number of ether oxygens (including phenoxy) is 3. The largest absolute Gasteiger partial charge is 0.462 e. The average molecular weight is 909 g/mol. The maximum Gasteiger partial charge on any atom is 0.306 e. The van der Waals surface area contributed by atoms with Crippen molar-refractivity contribution in [2.75, 3.05) is 13.2 Å². The zero-order valence-corrected chi connectivity index (χ0v) is 43.0. The van der Waals surface area contributed by atoms with E-state index >= 15 is 0 Å². The molecule has 0 heterocycles. The third-order valence-corrected chi connectivity index (χ3v) is 12.0. The van der Waals surface area contributed by atoms with Crippen molar-refractivity contribution in [2.24, 2.45) is 0 Å². The SMILES string of the molecule is CC/C=C\C/C=C\C/C=C\C/C=C\CCCCCCCCC(=O)OCC(COC(=O)CCCCCCCCCCCC)OC(=O)CCCCCCC/C=C\CCCCCCCCCCC. The quantitative estimate of drug-likeness (QED) is 0.0262. The number of carbonyl (C=O) groups excluding carboxylic acids is 3. The van der Waals surface area contributed by atoms with E-state index in [-0.39, 0.29) is 31.1 Å². The summed E-state index contributed by atoms with van der Waals surface area (Å²) >= 11 is 0. The molecule has 0 aliphatic rings. The topological polar surface area (TPSA) is 78.9 Å². The van der Waals surface area contributed by atoms with Gasteiger partial charge >= 0.3 is 17.9 Å². The Labute approximate surface area is 402 Å². The third-order valence-electron chi connectivity index (χ3n) is 12.0. The summed E-state index contributed by atoms with van der Waals surface area (Å²) < 4.78 is 16.8. The summed E-state index contributed by atoms with van der Waals surface area (Å²) in [7, 11) is 0. The number of unbranched alkanes of at least 4 members (excludes halogenated alkanes) is 29. The second kappa shape index (κ2) is 53.7. The van der Waals surface area contributed by atoms with E-state index in [4.69, 9.17) is 14.2 Å². The summed E-state index contributed by atoms with van der Waals surface area (Å²) in [4.78, 5) is 38.0. The predicted octanol–water partition coefficient (Wildman–Crippen LogP) is 18.4. The van der Waals surface area contributed by atoms with Crippen molar-refractivity contribution < 1.29 is 28.6 Å². The van der Waals surface area contributed by atoms with E-state index in [9.17, 15) is 14.4 Å². The van der Waals surface area contributed by atoms with Crippen LogP contribution in [0, 0.1) is 0 Å². The molecule has 6 nitrogen and oxygen atoms in total. The molecule has 376 valence electrons. The highest BCUT2D eigenvalue weighted by Gasteiger charge is 2.19. The Balaban J connectivity index is 4.35. The molecule has 0 aromatic rings. The van der Waals surface area contributed by atoms with Crippen LogP contribution in [0.2, 0.25) is 0 Å². The van der Waals surface area contributed by atoms with Gasteiger partial charge in [-0.15, -0.1) is 0 Å². The maximum absolute atomic E-state index is 12.8. The van der Waals surface area contributed by atoms with E-state index in [0.29, 0.717) is 19.3 Å². The van der Waals surface area contributed by atoms with Crippen LogP contribution in [0.1, 0.15) is 278 Å². The average Bonchev–Trinajstić information content (AvgIpc) is 3.30. The first kappa shape index (κ1) is 62.1. The van der Waals surface area contributed by atoms with Crippen LogP contribution in [0.3, 0.4) is 0 Å². The second-order valence-electron chi connectivity index (χ2n) is 18.5.